The van der Waals surface area contributed by atoms with E-state index in [9.17, 15) is 4.79 Å². The predicted molar refractivity (Wildman–Crippen MR) is 132 cm³/mol. The summed E-state index contributed by atoms with van der Waals surface area (Å²) in [7, 11) is 1.64. The van der Waals surface area contributed by atoms with Crippen molar-refractivity contribution in [2.24, 2.45) is 5.10 Å². The summed E-state index contributed by atoms with van der Waals surface area (Å²) in [6.45, 7) is 6.57. The van der Waals surface area contributed by atoms with E-state index in [-0.39, 0.29) is 12.5 Å². The van der Waals surface area contributed by atoms with Gasteiger partial charge in [0, 0.05) is 5.56 Å². The van der Waals surface area contributed by atoms with Gasteiger partial charge in [-0.1, -0.05) is 12.1 Å². The molecule has 170 valence electrons. The lowest BCUT2D eigenvalue weighted by molar-refractivity contribution is -0.121. The number of nitrogens with one attached hydrogen (secondary N) is 1. The van der Waals surface area contributed by atoms with E-state index in [1.165, 1.54) is 0 Å². The van der Waals surface area contributed by atoms with E-state index in [1.54, 1.807) is 13.3 Å². The minimum atomic E-state index is -0.223. The van der Waals surface area contributed by atoms with Crippen LogP contribution in [0, 0.1) is 20.8 Å². The third-order valence-electron chi connectivity index (χ3n) is 5.47. The molecule has 0 aliphatic rings. The average Bonchev–Trinajstić information content (AvgIpc) is 3.24. The molecule has 4 aromatic rings. The molecule has 0 spiro atoms. The van der Waals surface area contributed by atoms with E-state index in [1.807, 2.05) is 72.5 Å². The Morgan fingerprint density at radius 3 is 2.73 bits per heavy atom. The molecule has 4 rings (SSSR count). The van der Waals surface area contributed by atoms with Crippen molar-refractivity contribution < 1.29 is 9.53 Å². The van der Waals surface area contributed by atoms with Crippen molar-refractivity contribution in [1.29, 1.82) is 0 Å². The fourth-order valence-electron chi connectivity index (χ4n) is 3.75. The summed E-state index contributed by atoms with van der Waals surface area (Å²) in [5, 5.41) is 8.72. The number of imidazole rings is 1. The highest BCUT2D eigenvalue weighted by atomic mass is 79.9. The van der Waals surface area contributed by atoms with Crippen LogP contribution in [0.4, 0.5) is 0 Å². The Balaban J connectivity index is 1.46. The number of halogens is 1. The number of hydrogen-bond acceptors (Lipinski definition) is 5. The number of benzene rings is 2. The number of methoxy groups -OCH3 is 1. The molecule has 0 bridgehead atoms. The van der Waals surface area contributed by atoms with Crippen LogP contribution < -0.4 is 10.2 Å². The van der Waals surface area contributed by atoms with Crippen LogP contribution in [0.5, 0.6) is 5.75 Å². The molecule has 0 saturated carbocycles. The molecule has 8 nitrogen and oxygen atoms in total. The van der Waals surface area contributed by atoms with Gasteiger partial charge in [0.15, 0.2) is 0 Å². The average molecular weight is 509 g/mol. The summed E-state index contributed by atoms with van der Waals surface area (Å²) < 4.78 is 10.3. The topological polar surface area (TPSA) is 86.3 Å². The molecule has 1 N–H and O–H groups in total. The van der Waals surface area contributed by atoms with Crippen LogP contribution in [0.25, 0.3) is 11.0 Å². The number of aryl methyl sites for hydroxylation is 2. The second-order valence-corrected chi connectivity index (χ2v) is 8.53. The summed E-state index contributed by atoms with van der Waals surface area (Å²) in [4.78, 5) is 17.0. The van der Waals surface area contributed by atoms with Crippen molar-refractivity contribution >= 4 is 39.1 Å². The lowest BCUT2D eigenvalue weighted by Gasteiger charge is -2.11. The van der Waals surface area contributed by atoms with Crippen LogP contribution in [0.15, 0.2) is 52.0 Å². The van der Waals surface area contributed by atoms with Crippen molar-refractivity contribution in [3.8, 4) is 5.75 Å². The second kappa shape index (κ2) is 9.58. The molecule has 0 saturated heterocycles. The summed E-state index contributed by atoms with van der Waals surface area (Å²) in [5.41, 5.74) is 8.18. The fourth-order valence-corrected chi connectivity index (χ4v) is 4.03. The molecule has 0 aliphatic carbocycles. The Bertz CT molecular complexity index is 1350. The van der Waals surface area contributed by atoms with Gasteiger partial charge in [-0.2, -0.15) is 10.2 Å². The third kappa shape index (κ3) is 4.83. The van der Waals surface area contributed by atoms with E-state index in [4.69, 9.17) is 4.74 Å². The molecule has 0 atom stereocenters. The zero-order chi connectivity index (χ0) is 23.5. The van der Waals surface area contributed by atoms with E-state index in [2.05, 4.69) is 36.5 Å². The maximum absolute atomic E-state index is 12.5. The number of carbonyl (C=O) groups is 1. The van der Waals surface area contributed by atoms with Gasteiger partial charge >= 0.3 is 0 Å². The molecule has 33 heavy (non-hydrogen) atoms. The first-order valence-electron chi connectivity index (χ1n) is 10.5. The zero-order valence-electron chi connectivity index (χ0n) is 19.0. The number of carbonyl (C=O) groups excluding carboxylic acids is 1. The monoisotopic (exact) mass is 508 g/mol. The minimum Gasteiger partial charge on any atom is -0.496 e. The highest BCUT2D eigenvalue weighted by Gasteiger charge is 2.12. The molecule has 2 aromatic carbocycles. The van der Waals surface area contributed by atoms with Crippen molar-refractivity contribution in [2.45, 2.75) is 33.9 Å². The SMILES string of the molecule is COc1ccc(C=NNC(=O)Cn2c(C)nc3ccccc32)cc1Cn1nc(C)c(Br)c1C. The minimum absolute atomic E-state index is 0.143. The number of hydrogen-bond donors (Lipinski definition) is 1. The Labute approximate surface area is 200 Å². The molecule has 0 aliphatic heterocycles. The molecule has 1 amide bonds. The highest BCUT2D eigenvalue weighted by molar-refractivity contribution is 9.10. The van der Waals surface area contributed by atoms with Crippen LogP contribution >= 0.6 is 15.9 Å². The maximum atomic E-state index is 12.5. The highest BCUT2D eigenvalue weighted by Crippen LogP contribution is 2.24. The van der Waals surface area contributed by atoms with Gasteiger partial charge in [-0.05, 0) is 72.6 Å². The van der Waals surface area contributed by atoms with Crippen LogP contribution in [-0.2, 0) is 17.9 Å². The summed E-state index contributed by atoms with van der Waals surface area (Å²) in [6, 6.07) is 13.5. The van der Waals surface area contributed by atoms with E-state index >= 15 is 0 Å². The molecular formula is C24H25BrN6O2. The normalized spacial score (nSPS) is 11.4. The number of rotatable bonds is 7. The van der Waals surface area contributed by atoms with Gasteiger partial charge in [0.2, 0.25) is 0 Å². The molecular weight excluding hydrogens is 484 g/mol. The van der Waals surface area contributed by atoms with Crippen molar-refractivity contribution in [1.82, 2.24) is 24.8 Å². The van der Waals surface area contributed by atoms with E-state index in [0.29, 0.717) is 6.54 Å². The van der Waals surface area contributed by atoms with Gasteiger partial charge in [0.1, 0.15) is 18.1 Å². The van der Waals surface area contributed by atoms with Crippen molar-refractivity contribution in [2.75, 3.05) is 7.11 Å². The number of fused-ring (bicyclic) bond motifs is 1. The quantitative estimate of drug-likeness (QED) is 0.300. The Morgan fingerprint density at radius 1 is 1.21 bits per heavy atom. The number of aromatic nitrogens is 4. The Kier molecular flexibility index (Phi) is 6.60. The maximum Gasteiger partial charge on any atom is 0.260 e. The number of nitrogens with zero attached hydrogens (tertiary/aromatic N) is 5. The van der Waals surface area contributed by atoms with Gasteiger partial charge in [0.25, 0.3) is 5.91 Å². The predicted octanol–water partition coefficient (Wildman–Crippen LogP) is 4.13. The van der Waals surface area contributed by atoms with E-state index in [0.717, 1.165) is 49.6 Å². The van der Waals surface area contributed by atoms with Crippen LogP contribution in [0.2, 0.25) is 0 Å². The van der Waals surface area contributed by atoms with Gasteiger partial charge in [0.05, 0.1) is 46.8 Å². The number of ether oxygens (including phenoxy) is 1. The lowest BCUT2D eigenvalue weighted by Crippen LogP contribution is -2.23. The van der Waals surface area contributed by atoms with Crippen molar-refractivity contribution in [3.05, 3.63) is 75.3 Å². The van der Waals surface area contributed by atoms with Crippen LogP contribution in [-0.4, -0.2) is 38.6 Å². The summed E-state index contributed by atoms with van der Waals surface area (Å²) in [6.07, 6.45) is 1.62. The molecule has 0 fully saturated rings. The first-order valence-corrected chi connectivity index (χ1v) is 11.3. The summed E-state index contributed by atoms with van der Waals surface area (Å²) >= 11 is 3.57. The number of para-hydroxylation sites is 2. The largest absolute Gasteiger partial charge is 0.496 e. The molecule has 2 heterocycles. The fraction of sp³-hybridized carbons (Fsp3) is 0.250. The first kappa shape index (κ1) is 22.7. The first-order chi connectivity index (χ1) is 15.9. The number of amides is 1. The van der Waals surface area contributed by atoms with Gasteiger partial charge < -0.3 is 9.30 Å². The Hall–Kier alpha value is -3.46. The van der Waals surface area contributed by atoms with Crippen LogP contribution in [0.3, 0.4) is 0 Å². The van der Waals surface area contributed by atoms with E-state index < -0.39 is 0 Å². The molecule has 9 heteroatoms. The standard InChI is InChI=1S/C24H25BrN6O2/c1-15-24(25)16(2)31(29-15)13-19-11-18(9-10-22(19)33-4)12-26-28-23(32)14-30-17(3)27-20-7-5-6-8-21(20)30/h5-12H,13-14H2,1-4H3,(H,28,32). The zero-order valence-corrected chi connectivity index (χ0v) is 20.5. The van der Waals surface area contributed by atoms with Crippen molar-refractivity contribution in [3.63, 3.8) is 0 Å². The Morgan fingerprint density at radius 2 is 2.00 bits per heavy atom. The van der Waals surface area contributed by atoms with Gasteiger partial charge in [-0.25, -0.2) is 10.4 Å². The summed E-state index contributed by atoms with van der Waals surface area (Å²) in [5.74, 6) is 1.33. The molecule has 0 unspecified atom stereocenters. The molecule has 0 radical (unpaired) electrons. The van der Waals surface area contributed by atoms with Gasteiger partial charge in [-0.3, -0.25) is 9.48 Å². The smallest absolute Gasteiger partial charge is 0.260 e. The second-order valence-electron chi connectivity index (χ2n) is 7.74. The lowest BCUT2D eigenvalue weighted by atomic mass is 10.1. The number of hydrazone groups is 1. The van der Waals surface area contributed by atoms with Gasteiger partial charge in [-0.15, -0.1) is 0 Å². The molecule has 2 aromatic heterocycles. The van der Waals surface area contributed by atoms with Crippen LogP contribution in [0.1, 0.15) is 28.3 Å². The third-order valence-corrected chi connectivity index (χ3v) is 6.62.